The van der Waals surface area contributed by atoms with Crippen molar-refractivity contribution in [2.24, 2.45) is 0 Å². The molecular formula is C17H22F2N2O2. The summed E-state index contributed by atoms with van der Waals surface area (Å²) in [4.78, 5) is 12.4. The van der Waals surface area contributed by atoms with E-state index >= 15 is 0 Å². The molecule has 1 aromatic carbocycles. The van der Waals surface area contributed by atoms with E-state index in [0.29, 0.717) is 18.8 Å². The van der Waals surface area contributed by atoms with Gasteiger partial charge in [-0.3, -0.25) is 4.79 Å². The standard InChI is InChI=1S/C17H22F2N2O2/c18-15-10-12(17(22)21-13-3-7-23-8-4-13)9-14(16(15)19)11-1-5-20-6-2-11/h9-11,13,20H,1-8H2,(H,21,22). The molecule has 2 aliphatic rings. The molecule has 0 aromatic heterocycles. The molecule has 1 amide bonds. The van der Waals surface area contributed by atoms with Gasteiger partial charge in [-0.25, -0.2) is 8.78 Å². The first kappa shape index (κ1) is 16.3. The minimum absolute atomic E-state index is 0.0340. The Kier molecular flexibility index (Phi) is 5.23. The van der Waals surface area contributed by atoms with Crippen molar-refractivity contribution in [2.45, 2.75) is 37.6 Å². The van der Waals surface area contributed by atoms with E-state index in [1.54, 1.807) is 0 Å². The molecule has 6 heteroatoms. The quantitative estimate of drug-likeness (QED) is 0.897. The van der Waals surface area contributed by atoms with Crippen molar-refractivity contribution in [3.05, 3.63) is 34.9 Å². The highest BCUT2D eigenvalue weighted by molar-refractivity contribution is 5.94. The third-order valence-electron chi connectivity index (χ3n) is 4.65. The van der Waals surface area contributed by atoms with Crippen LogP contribution in [0.25, 0.3) is 0 Å². The number of carbonyl (C=O) groups is 1. The minimum atomic E-state index is -0.946. The van der Waals surface area contributed by atoms with Crippen LogP contribution in [0.3, 0.4) is 0 Å². The maximum absolute atomic E-state index is 14.1. The van der Waals surface area contributed by atoms with Crippen molar-refractivity contribution in [2.75, 3.05) is 26.3 Å². The second kappa shape index (κ2) is 7.36. The minimum Gasteiger partial charge on any atom is -0.381 e. The summed E-state index contributed by atoms with van der Waals surface area (Å²) in [5.41, 5.74) is 0.521. The number of hydrogen-bond donors (Lipinski definition) is 2. The third kappa shape index (κ3) is 3.87. The highest BCUT2D eigenvalue weighted by atomic mass is 19.2. The molecule has 2 heterocycles. The van der Waals surface area contributed by atoms with Crippen LogP contribution in [0.1, 0.15) is 47.5 Å². The fourth-order valence-electron chi connectivity index (χ4n) is 3.28. The maximum Gasteiger partial charge on any atom is 0.251 e. The average molecular weight is 324 g/mol. The first-order valence-corrected chi connectivity index (χ1v) is 8.23. The molecule has 0 radical (unpaired) electrons. The first-order chi connectivity index (χ1) is 11.1. The van der Waals surface area contributed by atoms with E-state index in [0.717, 1.165) is 44.8 Å². The largest absolute Gasteiger partial charge is 0.381 e. The Bertz CT molecular complexity index is 568. The lowest BCUT2D eigenvalue weighted by atomic mass is 9.88. The van der Waals surface area contributed by atoms with Crippen molar-refractivity contribution in [1.29, 1.82) is 0 Å². The zero-order valence-electron chi connectivity index (χ0n) is 13.0. The number of ether oxygens (including phenoxy) is 1. The average Bonchev–Trinajstić information content (AvgIpc) is 2.59. The van der Waals surface area contributed by atoms with E-state index in [1.807, 2.05) is 0 Å². The Hall–Kier alpha value is -1.53. The number of rotatable bonds is 3. The lowest BCUT2D eigenvalue weighted by Crippen LogP contribution is -2.39. The summed E-state index contributed by atoms with van der Waals surface area (Å²) >= 11 is 0. The number of halogens is 2. The monoisotopic (exact) mass is 324 g/mol. The van der Waals surface area contributed by atoms with Gasteiger partial charge in [-0.15, -0.1) is 0 Å². The smallest absolute Gasteiger partial charge is 0.251 e. The molecule has 126 valence electrons. The Morgan fingerprint density at radius 3 is 2.52 bits per heavy atom. The molecule has 2 fully saturated rings. The normalized spacial score (nSPS) is 20.4. The van der Waals surface area contributed by atoms with Crippen molar-refractivity contribution < 1.29 is 18.3 Å². The van der Waals surface area contributed by atoms with Crippen molar-refractivity contribution in [3.8, 4) is 0 Å². The summed E-state index contributed by atoms with van der Waals surface area (Å²) in [5, 5.41) is 6.09. The second-order valence-corrected chi connectivity index (χ2v) is 6.25. The fourth-order valence-corrected chi connectivity index (χ4v) is 3.28. The molecule has 23 heavy (non-hydrogen) atoms. The first-order valence-electron chi connectivity index (χ1n) is 8.23. The highest BCUT2D eigenvalue weighted by Gasteiger charge is 2.24. The van der Waals surface area contributed by atoms with Crippen LogP contribution in [0.2, 0.25) is 0 Å². The molecule has 0 spiro atoms. The van der Waals surface area contributed by atoms with Gasteiger partial charge in [0.1, 0.15) is 0 Å². The van der Waals surface area contributed by atoms with Crippen LogP contribution in [0, 0.1) is 11.6 Å². The number of piperidine rings is 1. The van der Waals surface area contributed by atoms with Crippen LogP contribution >= 0.6 is 0 Å². The van der Waals surface area contributed by atoms with Gasteiger partial charge in [0.15, 0.2) is 11.6 Å². The molecule has 4 nitrogen and oxygen atoms in total. The van der Waals surface area contributed by atoms with E-state index in [9.17, 15) is 13.6 Å². The van der Waals surface area contributed by atoms with E-state index in [2.05, 4.69) is 10.6 Å². The molecule has 0 unspecified atom stereocenters. The molecule has 0 aliphatic carbocycles. The fraction of sp³-hybridized carbons (Fsp3) is 0.588. The van der Waals surface area contributed by atoms with Crippen molar-refractivity contribution >= 4 is 5.91 Å². The number of carbonyl (C=O) groups excluding carboxylic acids is 1. The van der Waals surface area contributed by atoms with Gasteiger partial charge in [-0.1, -0.05) is 0 Å². The topological polar surface area (TPSA) is 50.4 Å². The molecule has 3 rings (SSSR count). The van der Waals surface area contributed by atoms with Crippen LogP contribution in [0.4, 0.5) is 8.78 Å². The predicted octanol–water partition coefficient (Wildman–Crippen LogP) is 2.34. The molecule has 2 saturated heterocycles. The van der Waals surface area contributed by atoms with E-state index in [-0.39, 0.29) is 23.4 Å². The van der Waals surface area contributed by atoms with Crippen LogP contribution in [0.5, 0.6) is 0 Å². The van der Waals surface area contributed by atoms with Crippen molar-refractivity contribution in [3.63, 3.8) is 0 Å². The molecule has 0 saturated carbocycles. The van der Waals surface area contributed by atoms with Crippen LogP contribution in [0.15, 0.2) is 12.1 Å². The number of amides is 1. The number of hydrogen-bond acceptors (Lipinski definition) is 3. The summed E-state index contributed by atoms with van der Waals surface area (Å²) in [6.07, 6.45) is 3.00. The predicted molar refractivity (Wildman–Crippen MR) is 82.5 cm³/mol. The lowest BCUT2D eigenvalue weighted by molar-refractivity contribution is 0.0696. The lowest BCUT2D eigenvalue weighted by Gasteiger charge is -2.25. The summed E-state index contributed by atoms with van der Waals surface area (Å²) in [6.45, 7) is 2.79. The highest BCUT2D eigenvalue weighted by Crippen LogP contribution is 2.29. The van der Waals surface area contributed by atoms with Crippen LogP contribution in [-0.4, -0.2) is 38.3 Å². The molecule has 0 bridgehead atoms. The SMILES string of the molecule is O=C(NC1CCOCC1)c1cc(F)c(F)c(C2CCNCC2)c1. The van der Waals surface area contributed by atoms with E-state index in [4.69, 9.17) is 4.74 Å². The van der Waals surface area contributed by atoms with Crippen LogP contribution in [-0.2, 0) is 4.74 Å². The van der Waals surface area contributed by atoms with Gasteiger partial charge in [0.05, 0.1) is 0 Å². The van der Waals surface area contributed by atoms with Gasteiger partial charge in [0.2, 0.25) is 0 Å². The van der Waals surface area contributed by atoms with Gasteiger partial charge in [0, 0.05) is 24.8 Å². The van der Waals surface area contributed by atoms with Gasteiger partial charge < -0.3 is 15.4 Å². The summed E-state index contributed by atoms with van der Waals surface area (Å²) in [5.74, 6) is -2.15. The summed E-state index contributed by atoms with van der Waals surface area (Å²) in [6, 6.07) is 2.55. The second-order valence-electron chi connectivity index (χ2n) is 6.25. The zero-order chi connectivity index (χ0) is 16.2. The van der Waals surface area contributed by atoms with Gasteiger partial charge in [-0.2, -0.15) is 0 Å². The Morgan fingerprint density at radius 2 is 1.83 bits per heavy atom. The Morgan fingerprint density at radius 1 is 1.13 bits per heavy atom. The molecule has 0 atom stereocenters. The third-order valence-corrected chi connectivity index (χ3v) is 4.65. The summed E-state index contributed by atoms with van der Waals surface area (Å²) in [7, 11) is 0. The number of nitrogens with one attached hydrogen (secondary N) is 2. The van der Waals surface area contributed by atoms with Gasteiger partial charge >= 0.3 is 0 Å². The van der Waals surface area contributed by atoms with Gasteiger partial charge in [0.25, 0.3) is 5.91 Å². The molecule has 2 N–H and O–H groups in total. The Balaban J connectivity index is 1.78. The maximum atomic E-state index is 14.1. The molecule has 2 aliphatic heterocycles. The molecular weight excluding hydrogens is 302 g/mol. The Labute approximate surface area is 134 Å². The van der Waals surface area contributed by atoms with E-state index in [1.165, 1.54) is 6.07 Å². The van der Waals surface area contributed by atoms with Crippen LogP contribution < -0.4 is 10.6 Å². The van der Waals surface area contributed by atoms with Gasteiger partial charge in [-0.05, 0) is 62.4 Å². The van der Waals surface area contributed by atoms with E-state index < -0.39 is 11.6 Å². The molecule has 1 aromatic rings. The van der Waals surface area contributed by atoms with Crippen molar-refractivity contribution in [1.82, 2.24) is 10.6 Å². The zero-order valence-corrected chi connectivity index (χ0v) is 13.0. The number of benzene rings is 1. The summed E-state index contributed by atoms with van der Waals surface area (Å²) < 4.78 is 33.3.